The van der Waals surface area contributed by atoms with Crippen LogP contribution >= 0.6 is 0 Å². The Hall–Kier alpha value is -0.686. The molecule has 15 heavy (non-hydrogen) atoms. The Kier molecular flexibility index (Phi) is 3.35. The molecule has 1 heterocycles. The summed E-state index contributed by atoms with van der Waals surface area (Å²) in [7, 11) is -3.16. The van der Waals surface area contributed by atoms with Crippen molar-refractivity contribution in [2.75, 3.05) is 0 Å². The van der Waals surface area contributed by atoms with Gasteiger partial charge in [0.1, 0.15) is 0 Å². The van der Waals surface area contributed by atoms with E-state index in [1.807, 2.05) is 12.1 Å². The van der Waals surface area contributed by atoms with E-state index in [2.05, 4.69) is 39.3 Å². The van der Waals surface area contributed by atoms with Gasteiger partial charge in [-0.1, -0.05) is 0 Å². The highest BCUT2D eigenvalue weighted by molar-refractivity contribution is 6.70. The van der Waals surface area contributed by atoms with E-state index >= 15 is 0 Å². The van der Waals surface area contributed by atoms with Gasteiger partial charge in [-0.3, -0.25) is 0 Å². The second-order valence-electron chi connectivity index (χ2n) is 5.50. The first-order valence-electron chi connectivity index (χ1n) is 5.14. The fraction of sp³-hybridized carbons (Fsp3) is 0.600. The molecule has 0 aliphatic rings. The maximum Gasteiger partial charge on any atom is 0.273 e. The van der Waals surface area contributed by atoms with Gasteiger partial charge in [-0.15, -0.1) is 0 Å². The van der Waals surface area contributed by atoms with Crippen LogP contribution in [0.2, 0.25) is 39.3 Å². The summed E-state index contributed by atoms with van der Waals surface area (Å²) in [5, 5.41) is 0. The summed E-state index contributed by atoms with van der Waals surface area (Å²) >= 11 is 0. The van der Waals surface area contributed by atoms with Crippen molar-refractivity contribution in [3.8, 4) is 11.9 Å². The summed E-state index contributed by atoms with van der Waals surface area (Å²) in [4.78, 5) is 0. The molecule has 0 saturated carbocycles. The molecule has 1 aromatic heterocycles. The lowest BCUT2D eigenvalue weighted by atomic mass is 10.6. The zero-order chi connectivity index (χ0) is 11.7. The predicted molar refractivity (Wildman–Crippen MR) is 66.7 cm³/mol. The normalized spacial score (nSPS) is 12.7. The topological polar surface area (TPSA) is 31.6 Å². The second kappa shape index (κ2) is 4.05. The molecule has 3 nitrogen and oxygen atoms in total. The smallest absolute Gasteiger partial charge is 0.273 e. The molecule has 0 N–H and O–H groups in total. The molecule has 86 valence electrons. The molecule has 0 aliphatic heterocycles. The van der Waals surface area contributed by atoms with Gasteiger partial charge in [-0.25, -0.2) is 0 Å². The van der Waals surface area contributed by atoms with Gasteiger partial charge < -0.3 is 13.3 Å². The molecule has 0 radical (unpaired) electrons. The van der Waals surface area contributed by atoms with Crippen LogP contribution in [0.15, 0.2) is 16.5 Å². The lowest BCUT2D eigenvalue weighted by molar-refractivity contribution is 0.322. The van der Waals surface area contributed by atoms with Gasteiger partial charge in [0.2, 0.25) is 16.6 Å². The molecule has 0 aromatic carbocycles. The third-order valence-electron chi connectivity index (χ3n) is 1.37. The number of furan rings is 1. The van der Waals surface area contributed by atoms with Crippen LogP contribution in [-0.2, 0) is 0 Å². The van der Waals surface area contributed by atoms with Crippen LogP contribution in [0.25, 0.3) is 0 Å². The highest BCUT2D eigenvalue weighted by Crippen LogP contribution is 2.26. The highest BCUT2D eigenvalue weighted by atomic mass is 28.4. The predicted octanol–water partition coefficient (Wildman–Crippen LogP) is 3.71. The van der Waals surface area contributed by atoms with Crippen LogP contribution in [0.1, 0.15) is 0 Å². The molecule has 0 fully saturated rings. The Morgan fingerprint density at radius 3 is 1.40 bits per heavy atom. The first-order chi connectivity index (χ1) is 6.66. The van der Waals surface area contributed by atoms with Gasteiger partial charge in [-0.2, -0.15) is 0 Å². The lowest BCUT2D eigenvalue weighted by Gasteiger charge is -2.17. The number of rotatable bonds is 4. The van der Waals surface area contributed by atoms with Gasteiger partial charge in [0.05, 0.1) is 0 Å². The average Bonchev–Trinajstić information content (AvgIpc) is 2.28. The second-order valence-corrected chi connectivity index (χ2v) is 14.4. The quantitative estimate of drug-likeness (QED) is 0.757. The third-order valence-corrected chi connectivity index (χ3v) is 3.00. The van der Waals surface area contributed by atoms with E-state index in [1.54, 1.807) is 0 Å². The fourth-order valence-corrected chi connectivity index (χ4v) is 2.44. The van der Waals surface area contributed by atoms with E-state index in [4.69, 9.17) is 13.3 Å². The maximum absolute atomic E-state index is 5.70. The van der Waals surface area contributed by atoms with Crippen molar-refractivity contribution in [3.63, 3.8) is 0 Å². The van der Waals surface area contributed by atoms with E-state index in [1.165, 1.54) is 0 Å². The van der Waals surface area contributed by atoms with Gasteiger partial charge in [0, 0.05) is 12.1 Å². The molecule has 0 spiro atoms. The summed E-state index contributed by atoms with van der Waals surface area (Å²) < 4.78 is 16.9. The summed E-state index contributed by atoms with van der Waals surface area (Å²) in [5.74, 6) is 1.14. The Labute approximate surface area is 93.7 Å². The van der Waals surface area contributed by atoms with Crippen LogP contribution in [0.3, 0.4) is 0 Å². The molecule has 0 amide bonds. The van der Waals surface area contributed by atoms with Gasteiger partial charge in [-0.05, 0) is 39.3 Å². The van der Waals surface area contributed by atoms with Gasteiger partial charge in [0.25, 0.3) is 11.9 Å². The van der Waals surface area contributed by atoms with Crippen molar-refractivity contribution >= 4 is 16.6 Å². The van der Waals surface area contributed by atoms with Crippen molar-refractivity contribution < 1.29 is 13.3 Å². The van der Waals surface area contributed by atoms with E-state index in [9.17, 15) is 0 Å². The molecular formula is C10H20O3Si2. The number of hydrogen-bond donors (Lipinski definition) is 0. The average molecular weight is 244 g/mol. The molecular weight excluding hydrogens is 224 g/mol. The van der Waals surface area contributed by atoms with Crippen LogP contribution in [0, 0.1) is 0 Å². The van der Waals surface area contributed by atoms with E-state index in [-0.39, 0.29) is 0 Å². The van der Waals surface area contributed by atoms with Crippen molar-refractivity contribution in [3.05, 3.63) is 12.1 Å². The molecule has 0 aliphatic carbocycles. The maximum atomic E-state index is 5.70. The molecule has 1 aromatic rings. The SMILES string of the molecule is C[Si](C)(C)Oc1ccc(O[Si](C)(C)C)o1. The molecule has 0 unspecified atom stereocenters. The highest BCUT2D eigenvalue weighted by Gasteiger charge is 2.21. The minimum absolute atomic E-state index is 0.572. The van der Waals surface area contributed by atoms with Crippen molar-refractivity contribution in [2.45, 2.75) is 39.3 Å². The zero-order valence-corrected chi connectivity index (χ0v) is 12.4. The van der Waals surface area contributed by atoms with Gasteiger partial charge in [0.15, 0.2) is 0 Å². The molecule has 0 bridgehead atoms. The summed E-state index contributed by atoms with van der Waals surface area (Å²) in [5.41, 5.74) is 0. The Balaban J connectivity index is 2.65. The van der Waals surface area contributed by atoms with E-state index < -0.39 is 16.6 Å². The van der Waals surface area contributed by atoms with Crippen molar-refractivity contribution in [1.29, 1.82) is 0 Å². The zero-order valence-electron chi connectivity index (χ0n) is 10.4. The van der Waals surface area contributed by atoms with Gasteiger partial charge >= 0.3 is 0 Å². The minimum Gasteiger partial charge on any atom is -0.519 e. The Bertz CT molecular complexity index is 290. The van der Waals surface area contributed by atoms with Crippen LogP contribution in [0.5, 0.6) is 11.9 Å². The van der Waals surface area contributed by atoms with Crippen molar-refractivity contribution in [2.24, 2.45) is 0 Å². The first kappa shape index (κ1) is 12.4. The molecule has 1 rings (SSSR count). The minimum atomic E-state index is -1.58. The van der Waals surface area contributed by atoms with E-state index in [0.29, 0.717) is 11.9 Å². The largest absolute Gasteiger partial charge is 0.519 e. The summed E-state index contributed by atoms with van der Waals surface area (Å²) in [6.07, 6.45) is 0. The monoisotopic (exact) mass is 244 g/mol. The van der Waals surface area contributed by atoms with Crippen molar-refractivity contribution in [1.82, 2.24) is 0 Å². The first-order valence-corrected chi connectivity index (χ1v) is 12.0. The lowest BCUT2D eigenvalue weighted by Crippen LogP contribution is -2.29. The van der Waals surface area contributed by atoms with Crippen LogP contribution in [-0.4, -0.2) is 16.6 Å². The van der Waals surface area contributed by atoms with Crippen LogP contribution in [0.4, 0.5) is 0 Å². The van der Waals surface area contributed by atoms with Crippen LogP contribution < -0.4 is 8.85 Å². The Morgan fingerprint density at radius 1 is 0.800 bits per heavy atom. The standard InChI is InChI=1S/C10H20O3Si2/c1-14(2,3)12-9-7-8-10(11-9)13-15(4,5)6/h7-8H,1-6H3. The number of hydrogen-bond acceptors (Lipinski definition) is 3. The Morgan fingerprint density at radius 2 is 1.13 bits per heavy atom. The third kappa shape index (κ3) is 5.08. The molecule has 0 saturated heterocycles. The fourth-order valence-electron chi connectivity index (χ4n) is 1.02. The molecule has 0 atom stereocenters. The molecule has 5 heteroatoms. The summed E-state index contributed by atoms with van der Waals surface area (Å²) in [6, 6.07) is 3.65. The summed E-state index contributed by atoms with van der Waals surface area (Å²) in [6.45, 7) is 12.7. The van der Waals surface area contributed by atoms with E-state index in [0.717, 1.165) is 0 Å².